The van der Waals surface area contributed by atoms with E-state index in [0.717, 1.165) is 12.8 Å². The lowest BCUT2D eigenvalue weighted by Gasteiger charge is -2.23. The summed E-state index contributed by atoms with van der Waals surface area (Å²) in [6, 6.07) is 4.54. The molecule has 1 saturated heterocycles. The average Bonchev–Trinajstić information content (AvgIpc) is 3.21. The number of rotatable bonds is 5. The van der Waals surface area contributed by atoms with Crippen LogP contribution in [0.5, 0.6) is 5.75 Å². The van der Waals surface area contributed by atoms with Gasteiger partial charge in [0.15, 0.2) is 0 Å². The molecule has 1 saturated carbocycles. The molecule has 1 aliphatic heterocycles. The molecule has 2 fully saturated rings. The number of carboxylic acid groups (broad SMARTS) is 1. The van der Waals surface area contributed by atoms with Gasteiger partial charge in [-0.2, -0.15) is 0 Å². The third kappa shape index (κ3) is 3.50. The van der Waals surface area contributed by atoms with E-state index in [0.29, 0.717) is 36.6 Å². The Labute approximate surface area is 164 Å². The predicted molar refractivity (Wildman–Crippen MR) is 104 cm³/mol. The van der Waals surface area contributed by atoms with Crippen LogP contribution in [0.1, 0.15) is 36.5 Å². The van der Waals surface area contributed by atoms with Crippen LogP contribution in [0.4, 0.5) is 10.5 Å². The SMILES string of the molecule is CCOc1ccc(C(=O)N(C)C)cc1NC(=O)N1C[C@@H]2CCC[C@@]2(C(=O)O)C1. The number of aliphatic carboxylic acids is 1. The molecule has 0 aromatic heterocycles. The van der Waals surface area contributed by atoms with Gasteiger partial charge in [0.2, 0.25) is 0 Å². The van der Waals surface area contributed by atoms with Crippen molar-refractivity contribution in [2.24, 2.45) is 11.3 Å². The zero-order valence-corrected chi connectivity index (χ0v) is 16.5. The normalized spacial score (nSPS) is 23.2. The van der Waals surface area contributed by atoms with Crippen LogP contribution in [0, 0.1) is 11.3 Å². The zero-order valence-electron chi connectivity index (χ0n) is 16.5. The Morgan fingerprint density at radius 1 is 1.36 bits per heavy atom. The molecule has 152 valence electrons. The largest absolute Gasteiger partial charge is 0.492 e. The van der Waals surface area contributed by atoms with E-state index in [2.05, 4.69) is 5.32 Å². The van der Waals surface area contributed by atoms with Crippen molar-refractivity contribution in [1.82, 2.24) is 9.80 Å². The van der Waals surface area contributed by atoms with Gasteiger partial charge in [-0.1, -0.05) is 6.42 Å². The number of likely N-dealkylation sites (tertiary alicyclic amines) is 1. The smallest absolute Gasteiger partial charge is 0.321 e. The fraction of sp³-hybridized carbons (Fsp3) is 0.550. The van der Waals surface area contributed by atoms with Gasteiger partial charge in [0.05, 0.1) is 17.7 Å². The first-order valence-corrected chi connectivity index (χ1v) is 9.56. The standard InChI is InChI=1S/C20H27N3O5/c1-4-28-16-8-7-13(17(24)22(2)3)10-15(16)21-19(27)23-11-14-6-5-9-20(14,12-23)18(25)26/h7-8,10,14H,4-6,9,11-12H2,1-3H3,(H,21,27)(H,25,26)/t14-,20+/m0/s1. The highest BCUT2D eigenvalue weighted by Crippen LogP contribution is 2.49. The van der Waals surface area contributed by atoms with Crippen LogP contribution in [-0.2, 0) is 4.79 Å². The van der Waals surface area contributed by atoms with Crippen LogP contribution in [0.25, 0.3) is 0 Å². The summed E-state index contributed by atoms with van der Waals surface area (Å²) in [5, 5.41) is 12.5. The van der Waals surface area contributed by atoms with E-state index in [4.69, 9.17) is 4.74 Å². The molecule has 8 heteroatoms. The molecule has 1 aromatic rings. The summed E-state index contributed by atoms with van der Waals surface area (Å²) < 4.78 is 5.58. The lowest BCUT2D eigenvalue weighted by atomic mass is 9.81. The highest BCUT2D eigenvalue weighted by atomic mass is 16.5. The molecule has 1 heterocycles. The average molecular weight is 389 g/mol. The molecule has 8 nitrogen and oxygen atoms in total. The zero-order chi connectivity index (χ0) is 20.5. The molecule has 0 radical (unpaired) electrons. The number of hydrogen-bond acceptors (Lipinski definition) is 4. The van der Waals surface area contributed by atoms with Crippen LogP contribution >= 0.6 is 0 Å². The fourth-order valence-electron chi connectivity index (χ4n) is 4.29. The molecular formula is C20H27N3O5. The lowest BCUT2D eigenvalue weighted by molar-refractivity contribution is -0.149. The minimum absolute atomic E-state index is 0.0104. The molecule has 3 amide bonds. The lowest BCUT2D eigenvalue weighted by Crippen LogP contribution is -2.38. The Hall–Kier alpha value is -2.77. The van der Waals surface area contributed by atoms with Crippen molar-refractivity contribution in [3.05, 3.63) is 23.8 Å². The number of carbonyl (C=O) groups is 3. The molecule has 2 atom stereocenters. The van der Waals surface area contributed by atoms with Gasteiger partial charge in [0.1, 0.15) is 5.75 Å². The number of carboxylic acids is 1. The summed E-state index contributed by atoms with van der Waals surface area (Å²) in [6.07, 6.45) is 2.32. The fourth-order valence-corrected chi connectivity index (χ4v) is 4.29. The van der Waals surface area contributed by atoms with Crippen LogP contribution in [0.3, 0.4) is 0 Å². The molecule has 0 bridgehead atoms. The summed E-state index contributed by atoms with van der Waals surface area (Å²) in [7, 11) is 3.32. The minimum atomic E-state index is -0.831. The third-order valence-corrected chi connectivity index (χ3v) is 5.76. The highest BCUT2D eigenvalue weighted by Gasteiger charge is 2.55. The van der Waals surface area contributed by atoms with Crippen LogP contribution in [-0.4, -0.2) is 66.6 Å². The van der Waals surface area contributed by atoms with E-state index in [9.17, 15) is 19.5 Å². The van der Waals surface area contributed by atoms with Crippen LogP contribution < -0.4 is 10.1 Å². The summed E-state index contributed by atoms with van der Waals surface area (Å²) in [4.78, 5) is 40.0. The second-order valence-electron chi connectivity index (χ2n) is 7.70. The van der Waals surface area contributed by atoms with Gasteiger partial charge in [-0.25, -0.2) is 4.79 Å². The molecule has 2 N–H and O–H groups in total. The maximum Gasteiger partial charge on any atom is 0.321 e. The summed E-state index contributed by atoms with van der Waals surface area (Å²) in [5.74, 6) is -0.541. The number of nitrogens with zero attached hydrogens (tertiary/aromatic N) is 2. The van der Waals surface area contributed by atoms with E-state index in [-0.39, 0.29) is 24.4 Å². The molecule has 0 unspecified atom stereocenters. The maximum atomic E-state index is 12.9. The molecule has 2 aliphatic rings. The molecule has 1 aromatic carbocycles. The van der Waals surface area contributed by atoms with Gasteiger partial charge in [0, 0.05) is 32.7 Å². The van der Waals surface area contributed by atoms with Crippen molar-refractivity contribution in [2.75, 3.05) is 39.1 Å². The second-order valence-corrected chi connectivity index (χ2v) is 7.70. The van der Waals surface area contributed by atoms with Gasteiger partial charge in [-0.05, 0) is 43.9 Å². The number of hydrogen-bond donors (Lipinski definition) is 2. The maximum absolute atomic E-state index is 12.9. The minimum Gasteiger partial charge on any atom is -0.492 e. The topological polar surface area (TPSA) is 99.2 Å². The van der Waals surface area contributed by atoms with E-state index in [1.54, 1.807) is 37.2 Å². The van der Waals surface area contributed by atoms with E-state index in [1.807, 2.05) is 6.92 Å². The highest BCUT2D eigenvalue weighted by molar-refractivity contribution is 5.98. The van der Waals surface area contributed by atoms with E-state index in [1.165, 1.54) is 4.90 Å². The van der Waals surface area contributed by atoms with Gasteiger partial charge < -0.3 is 25.0 Å². The van der Waals surface area contributed by atoms with E-state index < -0.39 is 11.4 Å². The quantitative estimate of drug-likeness (QED) is 0.806. The number of carbonyl (C=O) groups excluding carboxylic acids is 2. The first-order chi connectivity index (χ1) is 13.3. The third-order valence-electron chi connectivity index (χ3n) is 5.76. The Kier molecular flexibility index (Phi) is 5.49. The number of amides is 3. The molecule has 1 aliphatic carbocycles. The Balaban J connectivity index is 1.80. The number of ether oxygens (including phenoxy) is 1. The van der Waals surface area contributed by atoms with Crippen molar-refractivity contribution in [3.63, 3.8) is 0 Å². The van der Waals surface area contributed by atoms with Crippen molar-refractivity contribution in [3.8, 4) is 5.75 Å². The Morgan fingerprint density at radius 3 is 2.71 bits per heavy atom. The van der Waals surface area contributed by atoms with Crippen LogP contribution in [0.2, 0.25) is 0 Å². The summed E-state index contributed by atoms with van der Waals surface area (Å²) >= 11 is 0. The number of nitrogens with one attached hydrogen (secondary N) is 1. The van der Waals surface area contributed by atoms with Crippen molar-refractivity contribution < 1.29 is 24.2 Å². The first kappa shape index (κ1) is 20.0. The van der Waals surface area contributed by atoms with Gasteiger partial charge in [0.25, 0.3) is 5.91 Å². The van der Waals surface area contributed by atoms with Crippen LogP contribution in [0.15, 0.2) is 18.2 Å². The number of urea groups is 1. The van der Waals surface area contributed by atoms with Gasteiger partial charge in [-0.3, -0.25) is 9.59 Å². The van der Waals surface area contributed by atoms with Gasteiger partial charge in [-0.15, -0.1) is 0 Å². The predicted octanol–water partition coefficient (Wildman–Crippen LogP) is 2.51. The number of fused-ring (bicyclic) bond motifs is 1. The van der Waals surface area contributed by atoms with Crippen molar-refractivity contribution in [2.45, 2.75) is 26.2 Å². The molecule has 3 rings (SSSR count). The molecular weight excluding hydrogens is 362 g/mol. The summed E-state index contributed by atoms with van der Waals surface area (Å²) in [5.41, 5.74) is 0.00747. The monoisotopic (exact) mass is 389 g/mol. The summed E-state index contributed by atoms with van der Waals surface area (Å²) in [6.45, 7) is 2.89. The van der Waals surface area contributed by atoms with Crippen molar-refractivity contribution in [1.29, 1.82) is 0 Å². The van der Waals surface area contributed by atoms with Crippen molar-refractivity contribution >= 4 is 23.6 Å². The second kappa shape index (κ2) is 7.69. The Morgan fingerprint density at radius 2 is 2.11 bits per heavy atom. The number of benzene rings is 1. The Bertz CT molecular complexity index is 794. The molecule has 0 spiro atoms. The number of anilines is 1. The van der Waals surface area contributed by atoms with E-state index >= 15 is 0 Å². The van der Waals surface area contributed by atoms with Gasteiger partial charge >= 0.3 is 12.0 Å². The first-order valence-electron chi connectivity index (χ1n) is 9.56. The molecule has 28 heavy (non-hydrogen) atoms.